The lowest BCUT2D eigenvalue weighted by atomic mass is 9.47. The average Bonchev–Trinajstić information content (AvgIpc) is 3.24. The van der Waals surface area contributed by atoms with E-state index in [-0.39, 0.29) is 46.6 Å². The number of hydrogen-bond acceptors (Lipinski definition) is 4. The van der Waals surface area contributed by atoms with Crippen LogP contribution in [0.3, 0.4) is 0 Å². The second-order valence-electron chi connectivity index (χ2n) is 9.78. The van der Waals surface area contributed by atoms with Gasteiger partial charge in [0.1, 0.15) is 12.2 Å². The zero-order valence-corrected chi connectivity index (χ0v) is 15.8. The molecule has 0 amide bonds. The van der Waals surface area contributed by atoms with Crippen molar-refractivity contribution in [3.63, 3.8) is 0 Å². The van der Waals surface area contributed by atoms with E-state index in [2.05, 4.69) is 26.8 Å². The van der Waals surface area contributed by atoms with Gasteiger partial charge in [-0.05, 0) is 67.9 Å². The summed E-state index contributed by atoms with van der Waals surface area (Å²) in [4.78, 5) is 24.4. The highest BCUT2D eigenvalue weighted by Gasteiger charge is 2.79. The number of carbonyl (C=O) groups is 2. The zero-order chi connectivity index (χ0) is 18.5. The van der Waals surface area contributed by atoms with E-state index in [1.165, 1.54) is 5.57 Å². The normalized spacial score (nSPS) is 53.9. The zero-order valence-electron chi connectivity index (χ0n) is 15.8. The number of carbonyl (C=O) groups excluding carboxylic acids is 2. The van der Waals surface area contributed by atoms with Crippen LogP contribution in [0, 0.1) is 34.5 Å². The number of ketones is 2. The van der Waals surface area contributed by atoms with E-state index in [0.29, 0.717) is 17.8 Å². The van der Waals surface area contributed by atoms with Gasteiger partial charge in [-0.3, -0.25) is 9.59 Å². The Kier molecular flexibility index (Phi) is 3.22. The highest BCUT2D eigenvalue weighted by atomic mass is 16.6. The summed E-state index contributed by atoms with van der Waals surface area (Å²) in [6.45, 7) is 6.33. The van der Waals surface area contributed by atoms with Crippen LogP contribution in [0.5, 0.6) is 0 Å². The van der Waals surface area contributed by atoms with Gasteiger partial charge >= 0.3 is 0 Å². The Labute approximate surface area is 154 Å². The summed E-state index contributed by atoms with van der Waals surface area (Å²) in [7, 11) is 0. The molecule has 1 aliphatic heterocycles. The summed E-state index contributed by atoms with van der Waals surface area (Å²) in [5.74, 6) is 1.21. The molecule has 3 saturated carbocycles. The third-order valence-corrected chi connectivity index (χ3v) is 8.78. The summed E-state index contributed by atoms with van der Waals surface area (Å²) in [6.07, 6.45) is 9.68. The van der Waals surface area contributed by atoms with Crippen LogP contribution in [-0.4, -0.2) is 35.0 Å². The molecule has 4 nitrogen and oxygen atoms in total. The van der Waals surface area contributed by atoms with E-state index in [1.807, 2.05) is 6.08 Å². The van der Waals surface area contributed by atoms with Crippen molar-refractivity contribution < 1.29 is 19.4 Å². The fourth-order valence-corrected chi connectivity index (χ4v) is 7.80. The molecule has 8 atom stereocenters. The van der Waals surface area contributed by atoms with E-state index in [1.54, 1.807) is 6.08 Å². The number of ether oxygens (including phenoxy) is 1. The Morgan fingerprint density at radius 1 is 1.35 bits per heavy atom. The molecule has 1 heterocycles. The number of Topliss-reactive ketones (excluding diaryl/α,β-unsaturated/α-hetero) is 1. The molecule has 4 unspecified atom stereocenters. The van der Waals surface area contributed by atoms with Gasteiger partial charge in [-0.15, -0.1) is 0 Å². The average molecular weight is 356 g/mol. The summed E-state index contributed by atoms with van der Waals surface area (Å²) in [5.41, 5.74) is 0.745. The lowest BCUT2D eigenvalue weighted by Gasteiger charge is -2.54. The number of allylic oxidation sites excluding steroid dienone is 2. The van der Waals surface area contributed by atoms with Crippen LogP contribution in [-0.2, 0) is 14.3 Å². The molecule has 1 saturated heterocycles. The highest BCUT2D eigenvalue weighted by molar-refractivity contribution is 6.01. The van der Waals surface area contributed by atoms with Crippen molar-refractivity contribution in [3.05, 3.63) is 23.8 Å². The van der Waals surface area contributed by atoms with Gasteiger partial charge < -0.3 is 9.84 Å². The van der Waals surface area contributed by atoms with Gasteiger partial charge in [0.25, 0.3) is 0 Å². The molecule has 5 aliphatic rings. The highest BCUT2D eigenvalue weighted by Crippen LogP contribution is 2.75. The molecule has 1 N–H and O–H groups in total. The largest absolute Gasteiger partial charge is 0.389 e. The van der Waals surface area contributed by atoms with E-state index in [0.717, 1.165) is 25.7 Å². The number of hydrogen-bond donors (Lipinski definition) is 1. The molecule has 4 heteroatoms. The lowest BCUT2D eigenvalue weighted by Crippen LogP contribution is -2.57. The van der Waals surface area contributed by atoms with E-state index in [9.17, 15) is 14.7 Å². The maximum Gasteiger partial charge on any atom is 0.178 e. The molecule has 0 aromatic rings. The van der Waals surface area contributed by atoms with Crippen molar-refractivity contribution in [2.45, 2.75) is 58.2 Å². The van der Waals surface area contributed by atoms with Crippen LogP contribution in [0.2, 0.25) is 0 Å². The Hall–Kier alpha value is -1.26. The molecule has 26 heavy (non-hydrogen) atoms. The minimum absolute atomic E-state index is 0.00131. The molecular formula is C22H28O4. The van der Waals surface area contributed by atoms with E-state index < -0.39 is 0 Å². The van der Waals surface area contributed by atoms with Crippen LogP contribution < -0.4 is 0 Å². The predicted octanol–water partition coefficient (Wildman–Crippen LogP) is 2.85. The van der Waals surface area contributed by atoms with Gasteiger partial charge in [0, 0.05) is 11.3 Å². The third kappa shape index (κ3) is 1.73. The first-order valence-electron chi connectivity index (χ1n) is 10.0. The SMILES string of the molecule is C[C@@H]1C[C@H]2C3CCC4=CC(=O)C=C[C@]4(C)C34OC4C[C@]2(C)C1C(=O)CO. The van der Waals surface area contributed by atoms with Gasteiger partial charge in [-0.25, -0.2) is 0 Å². The van der Waals surface area contributed by atoms with Gasteiger partial charge in [0.15, 0.2) is 11.6 Å². The van der Waals surface area contributed by atoms with Gasteiger partial charge in [0.05, 0.1) is 6.10 Å². The number of aliphatic hydroxyl groups excluding tert-OH is 1. The quantitative estimate of drug-likeness (QED) is 0.773. The second-order valence-corrected chi connectivity index (χ2v) is 9.78. The monoisotopic (exact) mass is 356 g/mol. The first-order valence-corrected chi connectivity index (χ1v) is 10.0. The molecule has 1 spiro atoms. The Balaban J connectivity index is 1.57. The van der Waals surface area contributed by atoms with Crippen molar-refractivity contribution in [1.82, 2.24) is 0 Å². The van der Waals surface area contributed by atoms with Crippen LogP contribution in [0.25, 0.3) is 0 Å². The Morgan fingerprint density at radius 2 is 2.12 bits per heavy atom. The fourth-order valence-electron chi connectivity index (χ4n) is 7.80. The Bertz CT molecular complexity index is 766. The van der Waals surface area contributed by atoms with Crippen LogP contribution in [0.15, 0.2) is 23.8 Å². The first-order chi connectivity index (χ1) is 12.3. The fraction of sp³-hybridized carbons (Fsp3) is 0.727. The molecule has 5 rings (SSSR count). The molecule has 0 bridgehead atoms. The summed E-state index contributed by atoms with van der Waals surface area (Å²) < 4.78 is 6.50. The Morgan fingerprint density at radius 3 is 2.85 bits per heavy atom. The molecule has 4 aliphatic carbocycles. The number of aliphatic hydroxyl groups is 1. The van der Waals surface area contributed by atoms with Crippen LogP contribution >= 0.6 is 0 Å². The first kappa shape index (κ1) is 16.9. The van der Waals surface area contributed by atoms with Crippen molar-refractivity contribution in [1.29, 1.82) is 0 Å². The summed E-state index contributed by atoms with van der Waals surface area (Å²) in [6, 6.07) is 0. The summed E-state index contributed by atoms with van der Waals surface area (Å²) in [5, 5.41) is 9.52. The number of rotatable bonds is 2. The topological polar surface area (TPSA) is 66.9 Å². The number of epoxide rings is 1. The van der Waals surface area contributed by atoms with Crippen molar-refractivity contribution in [3.8, 4) is 0 Å². The van der Waals surface area contributed by atoms with Crippen LogP contribution in [0.4, 0.5) is 0 Å². The molecular weight excluding hydrogens is 328 g/mol. The molecule has 0 radical (unpaired) electrons. The van der Waals surface area contributed by atoms with Crippen molar-refractivity contribution in [2.75, 3.05) is 6.61 Å². The predicted molar refractivity (Wildman–Crippen MR) is 96.2 cm³/mol. The van der Waals surface area contributed by atoms with E-state index in [4.69, 9.17) is 4.74 Å². The number of fused-ring (bicyclic) bond motifs is 3. The third-order valence-electron chi connectivity index (χ3n) is 8.78. The minimum Gasteiger partial charge on any atom is -0.389 e. The summed E-state index contributed by atoms with van der Waals surface area (Å²) >= 11 is 0. The van der Waals surface area contributed by atoms with Gasteiger partial charge in [-0.1, -0.05) is 25.5 Å². The van der Waals surface area contributed by atoms with Crippen molar-refractivity contribution in [2.24, 2.45) is 34.5 Å². The standard InChI is InChI=1S/C22H28O4/c1-12-8-16-15-5-4-13-9-14(24)6-7-21(13,3)22(15)18(26-22)10-20(16,2)19(12)17(25)11-23/h6-7,9,12,15-16,18-19,23H,4-5,8,10-11H2,1-3H3/t12-,15?,16+,18?,19?,20+,21+,22?/m1/s1. The smallest absolute Gasteiger partial charge is 0.178 e. The van der Waals surface area contributed by atoms with Crippen molar-refractivity contribution >= 4 is 11.6 Å². The maximum atomic E-state index is 12.5. The second kappa shape index (κ2) is 4.96. The van der Waals surface area contributed by atoms with Gasteiger partial charge in [0.2, 0.25) is 0 Å². The molecule has 4 fully saturated rings. The molecule has 0 aromatic heterocycles. The van der Waals surface area contributed by atoms with Crippen LogP contribution in [0.1, 0.15) is 46.5 Å². The molecule has 0 aromatic carbocycles. The lowest BCUT2D eigenvalue weighted by molar-refractivity contribution is -0.132. The minimum atomic E-state index is -0.353. The van der Waals surface area contributed by atoms with Gasteiger partial charge in [-0.2, -0.15) is 0 Å². The molecule has 140 valence electrons. The van der Waals surface area contributed by atoms with E-state index >= 15 is 0 Å². The maximum absolute atomic E-state index is 12.5.